The summed E-state index contributed by atoms with van der Waals surface area (Å²) in [6.07, 6.45) is 8.15. The van der Waals surface area contributed by atoms with E-state index in [0.29, 0.717) is 30.1 Å². The number of likely N-dealkylation sites (N-methyl/N-ethyl adjacent to an activating group) is 1. The fourth-order valence-electron chi connectivity index (χ4n) is 5.11. The third-order valence-electron chi connectivity index (χ3n) is 7.60. The average molecular weight is 538 g/mol. The summed E-state index contributed by atoms with van der Waals surface area (Å²) >= 11 is 0. The highest BCUT2D eigenvalue weighted by atomic mass is 16.5. The SMILES string of the molecule is C[C@@H]1CN([C@@H](C)CO)C(=O)c2cc(NC(=O)c3ccncc3)ccc2O[C@H]1CN(C)C(=O)NC1CCCCC1. The summed E-state index contributed by atoms with van der Waals surface area (Å²) in [5.41, 5.74) is 1.17. The molecule has 10 nitrogen and oxygen atoms in total. The number of hydrogen-bond acceptors (Lipinski definition) is 6. The molecular formula is C29H39N5O5. The molecule has 39 heavy (non-hydrogen) atoms. The van der Waals surface area contributed by atoms with E-state index in [2.05, 4.69) is 15.6 Å². The molecule has 0 spiro atoms. The number of pyridine rings is 1. The van der Waals surface area contributed by atoms with Crippen LogP contribution in [-0.4, -0.2) is 82.7 Å². The number of nitrogens with zero attached hydrogens (tertiary/aromatic N) is 3. The smallest absolute Gasteiger partial charge is 0.317 e. The molecule has 1 aliphatic carbocycles. The molecule has 3 atom stereocenters. The molecular weight excluding hydrogens is 498 g/mol. The van der Waals surface area contributed by atoms with E-state index in [1.165, 1.54) is 18.8 Å². The highest BCUT2D eigenvalue weighted by molar-refractivity contribution is 6.05. The van der Waals surface area contributed by atoms with Crippen molar-refractivity contribution in [2.75, 3.05) is 32.1 Å². The van der Waals surface area contributed by atoms with Gasteiger partial charge < -0.3 is 30.3 Å². The first-order chi connectivity index (χ1) is 18.8. The largest absolute Gasteiger partial charge is 0.487 e. The Morgan fingerprint density at radius 3 is 2.59 bits per heavy atom. The van der Waals surface area contributed by atoms with Gasteiger partial charge in [-0.05, 0) is 50.1 Å². The van der Waals surface area contributed by atoms with Crippen molar-refractivity contribution in [3.05, 3.63) is 53.9 Å². The van der Waals surface area contributed by atoms with Crippen LogP contribution in [0.2, 0.25) is 0 Å². The normalized spacial score (nSPS) is 20.6. The van der Waals surface area contributed by atoms with Crippen LogP contribution in [0, 0.1) is 5.92 Å². The standard InChI is InChI=1S/C29H39N5O5/c1-19-16-34(20(2)18-35)28(37)24-15-23(31-27(36)21-11-13-30-14-12-21)9-10-25(24)39-26(19)17-33(3)29(38)32-22-7-5-4-6-8-22/h9-15,19-20,22,26,35H,4-8,16-18H2,1-3H3,(H,31,36)(H,32,38)/t19-,20+,26+/m1/s1. The van der Waals surface area contributed by atoms with Crippen molar-refractivity contribution in [3.63, 3.8) is 0 Å². The highest BCUT2D eigenvalue weighted by Gasteiger charge is 2.34. The van der Waals surface area contributed by atoms with E-state index in [9.17, 15) is 19.5 Å². The molecule has 210 valence electrons. The van der Waals surface area contributed by atoms with E-state index < -0.39 is 12.1 Å². The maximum absolute atomic E-state index is 13.6. The molecule has 1 aliphatic heterocycles. The van der Waals surface area contributed by atoms with Gasteiger partial charge >= 0.3 is 6.03 Å². The van der Waals surface area contributed by atoms with Crippen molar-refractivity contribution < 1.29 is 24.2 Å². The molecule has 3 N–H and O–H groups in total. The van der Waals surface area contributed by atoms with Crippen LogP contribution >= 0.6 is 0 Å². The van der Waals surface area contributed by atoms with Crippen molar-refractivity contribution in [1.82, 2.24) is 20.1 Å². The lowest BCUT2D eigenvalue weighted by Crippen LogP contribution is -2.52. The Labute approximate surface area is 229 Å². The number of aliphatic hydroxyl groups is 1. The Hall–Kier alpha value is -3.66. The van der Waals surface area contributed by atoms with Gasteiger partial charge in [-0.2, -0.15) is 0 Å². The Morgan fingerprint density at radius 2 is 1.90 bits per heavy atom. The number of fused-ring (bicyclic) bond motifs is 1. The van der Waals surface area contributed by atoms with Crippen LogP contribution < -0.4 is 15.4 Å². The lowest BCUT2D eigenvalue weighted by molar-refractivity contribution is 0.0366. The van der Waals surface area contributed by atoms with E-state index in [1.54, 1.807) is 54.1 Å². The number of ether oxygens (including phenoxy) is 1. The Bertz CT molecular complexity index is 1150. The summed E-state index contributed by atoms with van der Waals surface area (Å²) in [7, 11) is 1.75. The molecule has 1 saturated carbocycles. The fourth-order valence-corrected chi connectivity index (χ4v) is 5.11. The first-order valence-corrected chi connectivity index (χ1v) is 13.7. The van der Waals surface area contributed by atoms with Crippen molar-refractivity contribution in [2.24, 2.45) is 5.92 Å². The van der Waals surface area contributed by atoms with Crippen molar-refractivity contribution in [1.29, 1.82) is 0 Å². The second kappa shape index (κ2) is 12.9. The molecule has 2 aliphatic rings. The van der Waals surface area contributed by atoms with Crippen LogP contribution in [0.3, 0.4) is 0 Å². The molecule has 0 bridgehead atoms. The summed E-state index contributed by atoms with van der Waals surface area (Å²) in [6.45, 7) is 4.25. The first-order valence-electron chi connectivity index (χ1n) is 13.7. The number of amides is 4. The fraction of sp³-hybridized carbons (Fsp3) is 0.517. The number of aliphatic hydroxyl groups excluding tert-OH is 1. The third-order valence-corrected chi connectivity index (χ3v) is 7.60. The van der Waals surface area contributed by atoms with Gasteiger partial charge in [-0.25, -0.2) is 4.79 Å². The van der Waals surface area contributed by atoms with Crippen molar-refractivity contribution in [3.8, 4) is 5.75 Å². The number of urea groups is 1. The molecule has 2 aromatic rings. The van der Waals surface area contributed by atoms with Crippen molar-refractivity contribution >= 4 is 23.5 Å². The Kier molecular flexibility index (Phi) is 9.40. The van der Waals surface area contributed by atoms with Crippen LogP contribution in [0.15, 0.2) is 42.7 Å². The van der Waals surface area contributed by atoms with Gasteiger partial charge in [0.05, 0.1) is 24.8 Å². The lowest BCUT2D eigenvalue weighted by Gasteiger charge is -2.38. The summed E-state index contributed by atoms with van der Waals surface area (Å²) in [5, 5.41) is 15.9. The van der Waals surface area contributed by atoms with E-state index in [1.807, 2.05) is 6.92 Å². The number of rotatable bonds is 7. The van der Waals surface area contributed by atoms with Gasteiger partial charge in [0.2, 0.25) is 0 Å². The van der Waals surface area contributed by atoms with Crippen LogP contribution in [-0.2, 0) is 0 Å². The van der Waals surface area contributed by atoms with Crippen LogP contribution in [0.4, 0.5) is 10.5 Å². The molecule has 0 radical (unpaired) electrons. The minimum Gasteiger partial charge on any atom is -0.487 e. The van der Waals surface area contributed by atoms with Crippen molar-refractivity contribution in [2.45, 2.75) is 64.1 Å². The molecule has 10 heteroatoms. The average Bonchev–Trinajstić information content (AvgIpc) is 2.95. The molecule has 1 aromatic carbocycles. The molecule has 1 aromatic heterocycles. The summed E-state index contributed by atoms with van der Waals surface area (Å²) in [6, 6.07) is 7.81. The summed E-state index contributed by atoms with van der Waals surface area (Å²) < 4.78 is 6.38. The maximum Gasteiger partial charge on any atom is 0.317 e. The van der Waals surface area contributed by atoms with Crippen LogP contribution in [0.1, 0.15) is 66.7 Å². The number of hydrogen-bond donors (Lipinski definition) is 3. The molecule has 1 fully saturated rings. The van der Waals surface area contributed by atoms with Crippen LogP contribution in [0.25, 0.3) is 0 Å². The predicted octanol–water partition coefficient (Wildman–Crippen LogP) is 3.53. The molecule has 0 unspecified atom stereocenters. The second-order valence-electron chi connectivity index (χ2n) is 10.7. The minimum absolute atomic E-state index is 0.118. The van der Waals surface area contributed by atoms with Gasteiger partial charge in [0, 0.05) is 49.2 Å². The van der Waals surface area contributed by atoms with E-state index >= 15 is 0 Å². The molecule has 4 amide bonds. The third kappa shape index (κ3) is 7.06. The summed E-state index contributed by atoms with van der Waals surface area (Å²) in [5.74, 6) is -0.365. The summed E-state index contributed by atoms with van der Waals surface area (Å²) in [4.78, 5) is 46.5. The quantitative estimate of drug-likeness (QED) is 0.497. The number of carbonyl (C=O) groups is 3. The van der Waals surface area contributed by atoms with Gasteiger partial charge in [-0.1, -0.05) is 26.2 Å². The number of benzene rings is 1. The monoisotopic (exact) mass is 537 g/mol. The van der Waals surface area contributed by atoms with Gasteiger partial charge in [0.1, 0.15) is 11.9 Å². The van der Waals surface area contributed by atoms with Gasteiger partial charge in [-0.15, -0.1) is 0 Å². The van der Waals surface area contributed by atoms with E-state index in [0.717, 1.165) is 25.7 Å². The molecule has 4 rings (SSSR count). The van der Waals surface area contributed by atoms with Gasteiger partial charge in [0.25, 0.3) is 11.8 Å². The van der Waals surface area contributed by atoms with Gasteiger partial charge in [-0.3, -0.25) is 14.6 Å². The number of carbonyl (C=O) groups excluding carboxylic acids is 3. The van der Waals surface area contributed by atoms with E-state index in [-0.39, 0.29) is 42.0 Å². The maximum atomic E-state index is 13.6. The molecule has 0 saturated heterocycles. The Morgan fingerprint density at radius 1 is 1.18 bits per heavy atom. The Balaban J connectivity index is 1.56. The van der Waals surface area contributed by atoms with E-state index in [4.69, 9.17) is 4.74 Å². The zero-order valence-corrected chi connectivity index (χ0v) is 22.9. The first kappa shape index (κ1) is 28.4. The zero-order valence-electron chi connectivity index (χ0n) is 22.9. The van der Waals surface area contributed by atoms with Crippen LogP contribution in [0.5, 0.6) is 5.75 Å². The number of nitrogens with one attached hydrogen (secondary N) is 2. The number of aromatic nitrogens is 1. The zero-order chi connectivity index (χ0) is 27.9. The number of anilines is 1. The predicted molar refractivity (Wildman–Crippen MR) is 148 cm³/mol. The lowest BCUT2D eigenvalue weighted by atomic mass is 9.96. The molecule has 2 heterocycles. The topological polar surface area (TPSA) is 124 Å². The highest BCUT2D eigenvalue weighted by Crippen LogP contribution is 2.31. The second-order valence-corrected chi connectivity index (χ2v) is 10.7. The minimum atomic E-state index is -0.422. The van der Waals surface area contributed by atoms with Gasteiger partial charge in [0.15, 0.2) is 0 Å².